The van der Waals surface area contributed by atoms with E-state index in [1.807, 2.05) is 47.0 Å². The number of rotatable bonds is 11. The monoisotopic (exact) mass is 513 g/mol. The fourth-order valence-electron chi connectivity index (χ4n) is 4.45. The number of likely N-dealkylation sites (tertiary alicyclic amines) is 1. The molecule has 1 atom stereocenters. The molecule has 1 saturated heterocycles. The predicted octanol–water partition coefficient (Wildman–Crippen LogP) is 4.17. The van der Waals surface area contributed by atoms with E-state index in [0.717, 1.165) is 23.4 Å². The van der Waals surface area contributed by atoms with Gasteiger partial charge in [0, 0.05) is 32.4 Å². The van der Waals surface area contributed by atoms with Crippen molar-refractivity contribution in [2.24, 2.45) is 0 Å². The number of benzene rings is 2. The van der Waals surface area contributed by atoms with E-state index in [1.54, 1.807) is 18.3 Å². The van der Waals surface area contributed by atoms with E-state index in [9.17, 15) is 4.79 Å². The molecule has 10 heteroatoms. The molecule has 3 heterocycles. The number of imidazole rings is 1. The van der Waals surface area contributed by atoms with Gasteiger partial charge >= 0.3 is 0 Å². The highest BCUT2D eigenvalue weighted by Crippen LogP contribution is 2.29. The van der Waals surface area contributed by atoms with Crippen LogP contribution in [0.4, 0.5) is 17.5 Å². The summed E-state index contributed by atoms with van der Waals surface area (Å²) in [4.78, 5) is 28.2. The van der Waals surface area contributed by atoms with Crippen LogP contribution < -0.4 is 15.4 Å². The Kier molecular flexibility index (Phi) is 7.79. The van der Waals surface area contributed by atoms with Gasteiger partial charge in [-0.1, -0.05) is 36.9 Å². The number of hydrogen-bond donors (Lipinski definition) is 2. The molecule has 10 nitrogen and oxygen atoms in total. The van der Waals surface area contributed by atoms with Crippen molar-refractivity contribution in [1.29, 1.82) is 0 Å². The Balaban J connectivity index is 1.42. The fraction of sp³-hybridized carbons (Fsp3) is 0.286. The number of carbonyl (C=O) groups is 1. The molecule has 1 fully saturated rings. The molecule has 1 aliphatic rings. The summed E-state index contributed by atoms with van der Waals surface area (Å²) in [7, 11) is 1.64. The molecule has 0 bridgehead atoms. The Labute approximate surface area is 221 Å². The van der Waals surface area contributed by atoms with Gasteiger partial charge in [-0.3, -0.25) is 4.79 Å². The summed E-state index contributed by atoms with van der Waals surface area (Å²) in [6.07, 6.45) is 3.96. The molecule has 5 rings (SSSR count). The number of carbonyl (C=O) groups excluding carboxylic acids is 1. The maximum Gasteiger partial charge on any atom is 0.246 e. The molecule has 1 amide bonds. The minimum absolute atomic E-state index is 0.0613. The van der Waals surface area contributed by atoms with Gasteiger partial charge in [0.1, 0.15) is 12.4 Å². The van der Waals surface area contributed by atoms with Crippen LogP contribution in [-0.2, 0) is 16.1 Å². The van der Waals surface area contributed by atoms with Crippen molar-refractivity contribution in [3.63, 3.8) is 0 Å². The third kappa shape index (κ3) is 5.76. The topological polar surface area (TPSA) is 106 Å². The summed E-state index contributed by atoms with van der Waals surface area (Å²) >= 11 is 0. The zero-order valence-electron chi connectivity index (χ0n) is 21.3. The van der Waals surface area contributed by atoms with Gasteiger partial charge in [0.25, 0.3) is 0 Å². The first-order valence-electron chi connectivity index (χ1n) is 12.6. The number of hydrogen-bond acceptors (Lipinski definition) is 8. The minimum Gasteiger partial charge on any atom is -0.491 e. The highest BCUT2D eigenvalue weighted by atomic mass is 16.5. The quantitative estimate of drug-likeness (QED) is 0.227. The van der Waals surface area contributed by atoms with Gasteiger partial charge in [-0.05, 0) is 42.3 Å². The smallest absolute Gasteiger partial charge is 0.246 e. The number of amides is 1. The number of methoxy groups -OCH3 is 1. The molecular formula is C28H31N7O3. The molecule has 0 unspecified atom stereocenters. The molecule has 0 aliphatic carbocycles. The van der Waals surface area contributed by atoms with Crippen LogP contribution in [0.5, 0.6) is 5.75 Å². The van der Waals surface area contributed by atoms with Crippen molar-refractivity contribution in [2.45, 2.75) is 19.0 Å². The number of fused-ring (bicyclic) bond motifs is 1. The highest BCUT2D eigenvalue weighted by molar-refractivity contribution is 5.87. The van der Waals surface area contributed by atoms with Crippen LogP contribution in [0.15, 0.2) is 73.6 Å². The second-order valence-electron chi connectivity index (χ2n) is 8.98. The van der Waals surface area contributed by atoms with Crippen molar-refractivity contribution in [3.8, 4) is 5.75 Å². The molecule has 4 aromatic rings. The van der Waals surface area contributed by atoms with Gasteiger partial charge in [0.2, 0.25) is 11.9 Å². The van der Waals surface area contributed by atoms with Crippen LogP contribution in [0, 0.1) is 0 Å². The summed E-state index contributed by atoms with van der Waals surface area (Å²) in [5, 5.41) is 6.74. The molecule has 196 valence electrons. The Morgan fingerprint density at radius 1 is 1.13 bits per heavy atom. The van der Waals surface area contributed by atoms with Crippen molar-refractivity contribution in [3.05, 3.63) is 79.1 Å². The Morgan fingerprint density at radius 2 is 1.95 bits per heavy atom. The van der Waals surface area contributed by atoms with Gasteiger partial charge in [-0.15, -0.1) is 0 Å². The number of aromatic nitrogens is 4. The molecule has 2 aromatic heterocycles. The lowest BCUT2D eigenvalue weighted by molar-refractivity contribution is -0.125. The maximum atomic E-state index is 12.1. The van der Waals surface area contributed by atoms with Crippen molar-refractivity contribution >= 4 is 34.5 Å². The van der Waals surface area contributed by atoms with E-state index in [-0.39, 0.29) is 11.9 Å². The first-order valence-corrected chi connectivity index (χ1v) is 12.6. The molecule has 0 radical (unpaired) electrons. The van der Waals surface area contributed by atoms with Crippen LogP contribution in [0.25, 0.3) is 11.2 Å². The second-order valence-corrected chi connectivity index (χ2v) is 8.98. The fourth-order valence-corrected chi connectivity index (χ4v) is 4.45. The normalized spacial score (nSPS) is 15.0. The maximum absolute atomic E-state index is 12.1. The lowest BCUT2D eigenvalue weighted by atomic mass is 10.2. The number of nitrogens with zero attached hydrogens (tertiary/aromatic N) is 5. The summed E-state index contributed by atoms with van der Waals surface area (Å²) in [6.45, 7) is 6.48. The van der Waals surface area contributed by atoms with E-state index < -0.39 is 0 Å². The van der Waals surface area contributed by atoms with Crippen molar-refractivity contribution < 1.29 is 14.3 Å². The van der Waals surface area contributed by atoms with E-state index in [0.29, 0.717) is 55.8 Å². The van der Waals surface area contributed by atoms with Crippen molar-refractivity contribution in [2.75, 3.05) is 44.0 Å². The molecular weight excluding hydrogens is 482 g/mol. The Morgan fingerprint density at radius 3 is 2.71 bits per heavy atom. The zero-order valence-corrected chi connectivity index (χ0v) is 21.3. The van der Waals surface area contributed by atoms with Crippen LogP contribution in [0.1, 0.15) is 18.0 Å². The summed E-state index contributed by atoms with van der Waals surface area (Å²) < 4.78 is 12.7. The van der Waals surface area contributed by atoms with Crippen LogP contribution in [0.3, 0.4) is 0 Å². The summed E-state index contributed by atoms with van der Waals surface area (Å²) in [5.74, 6) is 1.78. The molecule has 38 heavy (non-hydrogen) atoms. The summed E-state index contributed by atoms with van der Waals surface area (Å²) in [5.41, 5.74) is 3.34. The van der Waals surface area contributed by atoms with Gasteiger partial charge in [0.05, 0.1) is 19.0 Å². The molecule has 2 N–H and O–H groups in total. The SMILES string of the molecule is C=CC(=O)N1CC[C@H](n2cnc3c(NCc4ccccc4)nc(Nc4ccc(OCCOC)cc4)nc32)C1. The van der Waals surface area contributed by atoms with Crippen LogP contribution in [-0.4, -0.2) is 63.7 Å². The van der Waals surface area contributed by atoms with Crippen molar-refractivity contribution in [1.82, 2.24) is 24.4 Å². The molecule has 1 aliphatic heterocycles. The number of ether oxygens (including phenoxy) is 2. The largest absolute Gasteiger partial charge is 0.491 e. The van der Waals surface area contributed by atoms with Gasteiger partial charge in [0.15, 0.2) is 17.0 Å². The third-order valence-corrected chi connectivity index (χ3v) is 6.43. The highest BCUT2D eigenvalue weighted by Gasteiger charge is 2.28. The molecule has 0 spiro atoms. The van der Waals surface area contributed by atoms with Gasteiger partial charge in [-0.2, -0.15) is 9.97 Å². The molecule has 0 saturated carbocycles. The van der Waals surface area contributed by atoms with E-state index in [4.69, 9.17) is 19.4 Å². The third-order valence-electron chi connectivity index (χ3n) is 6.43. The van der Waals surface area contributed by atoms with E-state index in [1.165, 1.54) is 6.08 Å². The zero-order chi connectivity index (χ0) is 26.3. The standard InChI is InChI=1S/C28H31N7O3/c1-3-24(36)34-14-13-22(18-34)35-19-30-25-26(29-17-20-7-5-4-6-8-20)32-28(33-27(25)35)31-21-9-11-23(12-10-21)38-16-15-37-2/h3-12,19,22H,1,13-18H2,2H3,(H2,29,31,32,33)/t22-/m0/s1. The lowest BCUT2D eigenvalue weighted by Crippen LogP contribution is -2.27. The van der Waals surface area contributed by atoms with Crippen LogP contribution in [0.2, 0.25) is 0 Å². The number of nitrogens with one attached hydrogen (secondary N) is 2. The van der Waals surface area contributed by atoms with E-state index >= 15 is 0 Å². The first-order chi connectivity index (χ1) is 18.6. The lowest BCUT2D eigenvalue weighted by Gasteiger charge is -2.16. The van der Waals surface area contributed by atoms with Crippen LogP contribution >= 0.6 is 0 Å². The number of anilines is 3. The predicted molar refractivity (Wildman–Crippen MR) is 147 cm³/mol. The first kappa shape index (κ1) is 25.2. The van der Waals surface area contributed by atoms with Gasteiger partial charge < -0.3 is 29.6 Å². The van der Waals surface area contributed by atoms with E-state index in [2.05, 4.69) is 34.3 Å². The summed E-state index contributed by atoms with van der Waals surface area (Å²) in [6, 6.07) is 17.8. The Bertz CT molecular complexity index is 1390. The molecule has 2 aromatic carbocycles. The van der Waals surface area contributed by atoms with Gasteiger partial charge in [-0.25, -0.2) is 4.98 Å². The Hall–Kier alpha value is -4.44. The minimum atomic E-state index is -0.0613. The second kappa shape index (κ2) is 11.7. The average molecular weight is 514 g/mol. The average Bonchev–Trinajstić information content (AvgIpc) is 3.61.